The van der Waals surface area contributed by atoms with E-state index in [1.165, 1.54) is 11.1 Å². The molecule has 0 saturated heterocycles. The van der Waals surface area contributed by atoms with Gasteiger partial charge in [0.15, 0.2) is 0 Å². The molecule has 10 heteroatoms. The summed E-state index contributed by atoms with van der Waals surface area (Å²) in [6, 6.07) is 10.8. The molecule has 0 aliphatic heterocycles. The highest BCUT2D eigenvalue weighted by Crippen LogP contribution is 2.58. The van der Waals surface area contributed by atoms with Gasteiger partial charge in [0.05, 0.1) is 22.6 Å². The van der Waals surface area contributed by atoms with Crippen molar-refractivity contribution >= 4 is 29.2 Å². The molecule has 4 fully saturated rings. The Labute approximate surface area is 307 Å². The maximum atomic E-state index is 14.7. The second-order valence-electron chi connectivity index (χ2n) is 16.4. The zero-order valence-corrected chi connectivity index (χ0v) is 32.1. The minimum absolute atomic E-state index is 0.0491. The van der Waals surface area contributed by atoms with Crippen LogP contribution in [0.4, 0.5) is 10.6 Å². The van der Waals surface area contributed by atoms with E-state index in [9.17, 15) is 14.7 Å². The number of anilines is 1. The first-order chi connectivity index (χ1) is 24.3. The van der Waals surface area contributed by atoms with Gasteiger partial charge in [-0.2, -0.15) is 0 Å². The van der Waals surface area contributed by atoms with Gasteiger partial charge in [-0.05, 0) is 137 Å². The van der Waals surface area contributed by atoms with Crippen molar-refractivity contribution in [1.82, 2.24) is 15.3 Å². The van der Waals surface area contributed by atoms with Crippen LogP contribution < -0.4 is 15.0 Å². The first kappa shape index (κ1) is 37.3. The number of carbonyl (C=O) groups is 2. The van der Waals surface area contributed by atoms with E-state index in [1.54, 1.807) is 32.3 Å². The van der Waals surface area contributed by atoms with Gasteiger partial charge in [0.2, 0.25) is 5.91 Å². The van der Waals surface area contributed by atoms with Crippen LogP contribution in [0.1, 0.15) is 120 Å². The van der Waals surface area contributed by atoms with Gasteiger partial charge in [-0.25, -0.2) is 14.8 Å². The lowest BCUT2D eigenvalue weighted by atomic mass is 9.51. The van der Waals surface area contributed by atoms with E-state index in [1.807, 2.05) is 23.4 Å². The summed E-state index contributed by atoms with van der Waals surface area (Å²) in [5.41, 5.74) is 3.03. The van der Waals surface area contributed by atoms with E-state index < -0.39 is 11.7 Å². The van der Waals surface area contributed by atoms with Crippen molar-refractivity contribution in [2.45, 2.75) is 128 Å². The van der Waals surface area contributed by atoms with Crippen LogP contribution >= 0.6 is 11.3 Å². The number of benzene rings is 1. The number of hydrogen-bond donors (Lipinski definition) is 2. The Morgan fingerprint density at radius 1 is 1.04 bits per heavy atom. The second kappa shape index (κ2) is 15.2. The van der Waals surface area contributed by atoms with Gasteiger partial charge in [0, 0.05) is 37.3 Å². The zero-order valence-electron chi connectivity index (χ0n) is 31.3. The van der Waals surface area contributed by atoms with E-state index in [-0.39, 0.29) is 28.8 Å². The van der Waals surface area contributed by atoms with Gasteiger partial charge >= 0.3 is 6.09 Å². The van der Waals surface area contributed by atoms with E-state index in [2.05, 4.69) is 55.3 Å². The molecule has 1 aromatic carbocycles. The van der Waals surface area contributed by atoms with Crippen molar-refractivity contribution in [2.24, 2.45) is 11.3 Å². The Bertz CT molecular complexity index is 1660. The van der Waals surface area contributed by atoms with Gasteiger partial charge in [-0.15, -0.1) is 11.3 Å². The molecule has 0 unspecified atom stereocenters. The third-order valence-corrected chi connectivity index (χ3v) is 13.1. The van der Waals surface area contributed by atoms with Crippen LogP contribution in [0.15, 0.2) is 42.7 Å². The first-order valence-corrected chi connectivity index (χ1v) is 19.7. The zero-order chi connectivity index (χ0) is 36.4. The average Bonchev–Trinajstić information content (AvgIpc) is 3.62. The predicted molar refractivity (Wildman–Crippen MR) is 202 cm³/mol. The third-order valence-electron chi connectivity index (χ3n) is 11.8. The van der Waals surface area contributed by atoms with Crippen LogP contribution in [-0.4, -0.2) is 59.0 Å². The minimum Gasteiger partial charge on any atom is -0.496 e. The van der Waals surface area contributed by atoms with E-state index >= 15 is 0 Å². The highest BCUT2D eigenvalue weighted by molar-refractivity contribution is 7.15. The number of carbonyl (C=O) groups excluding carboxylic acids is 2. The van der Waals surface area contributed by atoms with Crippen LogP contribution in [0.3, 0.4) is 0 Å². The SMILES string of the molecule is COc1ccc(C23CCC(CN(C(=O)C4CCC(OC(=O)NCCC(C)(C)O)CC4)c4cc(-c5cnc(C(C)C)s5)ccn4)(CC2)CC3)cc1C. The van der Waals surface area contributed by atoms with Crippen molar-refractivity contribution in [3.8, 4) is 16.2 Å². The summed E-state index contributed by atoms with van der Waals surface area (Å²) in [5.74, 6) is 1.97. The molecule has 0 atom stereocenters. The number of fused-ring (bicyclic) bond motifs is 3. The normalized spacial score (nSPS) is 24.7. The summed E-state index contributed by atoms with van der Waals surface area (Å²) in [5, 5.41) is 13.8. The highest BCUT2D eigenvalue weighted by atomic mass is 32.1. The molecule has 3 aromatic rings. The molecule has 276 valence electrons. The van der Waals surface area contributed by atoms with E-state index in [0.29, 0.717) is 56.9 Å². The quantitative estimate of drug-likeness (QED) is 0.193. The number of nitrogens with one attached hydrogen (secondary N) is 1. The summed E-state index contributed by atoms with van der Waals surface area (Å²) in [4.78, 5) is 39.7. The Balaban J connectivity index is 1.18. The third kappa shape index (κ3) is 8.60. The van der Waals surface area contributed by atoms with E-state index in [4.69, 9.17) is 14.5 Å². The second-order valence-corrected chi connectivity index (χ2v) is 17.4. The minimum atomic E-state index is -0.850. The highest BCUT2D eigenvalue weighted by Gasteiger charge is 2.51. The summed E-state index contributed by atoms with van der Waals surface area (Å²) in [7, 11) is 1.73. The standard InChI is InChI=1S/C41H56N4O5S/c1-27(2)36-44-25-34(51-36)30-13-21-42-35(24-30)45(37(46)29-7-10-32(11-8-29)50-38(47)43-22-20-39(4,5)48)26-40-14-17-41(18-15-40,19-16-40)31-9-12-33(49-6)28(3)23-31/h9,12-13,21,23-25,27,29,32,48H,7-8,10-11,14-20,22,26H2,1-6H3,(H,43,47). The molecule has 4 aliphatic carbocycles. The molecule has 7 rings (SSSR count). The number of pyridine rings is 1. The lowest BCUT2D eigenvalue weighted by Gasteiger charge is -2.55. The average molecular weight is 717 g/mol. The summed E-state index contributed by atoms with van der Waals surface area (Å²) in [6.07, 6.45) is 12.7. The van der Waals surface area contributed by atoms with Crippen molar-refractivity contribution in [3.63, 3.8) is 0 Å². The van der Waals surface area contributed by atoms with Crippen LogP contribution in [-0.2, 0) is 14.9 Å². The molecule has 51 heavy (non-hydrogen) atoms. The molecule has 9 nitrogen and oxygen atoms in total. The van der Waals surface area contributed by atoms with Crippen molar-refractivity contribution in [1.29, 1.82) is 0 Å². The largest absolute Gasteiger partial charge is 0.496 e. The molecule has 2 amide bonds. The van der Waals surface area contributed by atoms with Gasteiger partial charge in [-0.3, -0.25) is 9.69 Å². The molecule has 2 bridgehead atoms. The fourth-order valence-electron chi connectivity index (χ4n) is 8.47. The van der Waals surface area contributed by atoms with Gasteiger partial charge in [-0.1, -0.05) is 26.0 Å². The Hall–Kier alpha value is -3.50. The topological polar surface area (TPSA) is 114 Å². The fourth-order valence-corrected chi connectivity index (χ4v) is 9.38. The molecular weight excluding hydrogens is 661 g/mol. The maximum Gasteiger partial charge on any atom is 0.407 e. The van der Waals surface area contributed by atoms with Crippen molar-refractivity contribution in [3.05, 3.63) is 58.9 Å². The lowest BCUT2D eigenvalue weighted by Crippen LogP contribution is -2.52. The van der Waals surface area contributed by atoms with E-state index in [0.717, 1.165) is 59.7 Å². The summed E-state index contributed by atoms with van der Waals surface area (Å²) in [6.45, 7) is 10.9. The number of aromatic nitrogens is 2. The van der Waals surface area contributed by atoms with Gasteiger partial charge in [0.1, 0.15) is 17.7 Å². The van der Waals surface area contributed by atoms with Crippen LogP contribution in [0, 0.1) is 18.3 Å². The number of aliphatic hydroxyl groups is 1. The predicted octanol–water partition coefficient (Wildman–Crippen LogP) is 8.72. The lowest BCUT2D eigenvalue weighted by molar-refractivity contribution is -0.124. The number of rotatable bonds is 12. The van der Waals surface area contributed by atoms with Crippen LogP contribution in [0.25, 0.3) is 10.4 Å². The molecule has 4 aliphatic rings. The number of nitrogens with zero attached hydrogens (tertiary/aromatic N) is 3. The fraction of sp³-hybridized carbons (Fsp3) is 0.610. The molecule has 2 N–H and O–H groups in total. The number of hydrogen-bond acceptors (Lipinski definition) is 8. The molecular formula is C41H56N4O5S. The Morgan fingerprint density at radius 2 is 1.75 bits per heavy atom. The number of alkyl carbamates (subject to hydrolysis) is 1. The Kier molecular flexibility index (Phi) is 11.1. The number of ether oxygens (including phenoxy) is 2. The smallest absolute Gasteiger partial charge is 0.407 e. The number of aryl methyl sites for hydroxylation is 1. The van der Waals surface area contributed by atoms with Crippen LogP contribution in [0.2, 0.25) is 0 Å². The van der Waals surface area contributed by atoms with Crippen molar-refractivity contribution in [2.75, 3.05) is 25.1 Å². The summed E-state index contributed by atoms with van der Waals surface area (Å²) >= 11 is 1.70. The number of thiazole rings is 1. The molecule has 4 saturated carbocycles. The number of methoxy groups -OCH3 is 1. The van der Waals surface area contributed by atoms with Gasteiger partial charge in [0.25, 0.3) is 0 Å². The Morgan fingerprint density at radius 3 is 2.35 bits per heavy atom. The first-order valence-electron chi connectivity index (χ1n) is 18.8. The van der Waals surface area contributed by atoms with Crippen molar-refractivity contribution < 1.29 is 24.2 Å². The molecule has 0 spiro atoms. The monoisotopic (exact) mass is 716 g/mol. The molecule has 0 radical (unpaired) electrons. The molecule has 2 aromatic heterocycles. The molecule has 2 heterocycles. The summed E-state index contributed by atoms with van der Waals surface area (Å²) < 4.78 is 11.3. The maximum absolute atomic E-state index is 14.7. The van der Waals surface area contributed by atoms with Gasteiger partial charge < -0.3 is 19.9 Å². The number of amides is 2. The van der Waals surface area contributed by atoms with Crippen LogP contribution in [0.5, 0.6) is 5.75 Å².